The number of aromatic nitrogens is 3. The van der Waals surface area contributed by atoms with Gasteiger partial charge in [-0.05, 0) is 48.9 Å². The Morgan fingerprint density at radius 3 is 2.36 bits per heavy atom. The molecule has 4 rings (SSSR count). The monoisotopic (exact) mass is 336 g/mol. The van der Waals surface area contributed by atoms with Gasteiger partial charge in [-0.2, -0.15) is 0 Å². The average Bonchev–Trinajstić information content (AvgIpc) is 3.06. The average molecular weight is 336 g/mol. The number of hydrogen-bond acceptors (Lipinski definition) is 4. The molecule has 1 aliphatic carbocycles. The van der Waals surface area contributed by atoms with Crippen LogP contribution in [-0.4, -0.2) is 12.1 Å². The van der Waals surface area contributed by atoms with Gasteiger partial charge in [-0.1, -0.05) is 29.8 Å². The first-order chi connectivity index (χ1) is 12.0. The van der Waals surface area contributed by atoms with Gasteiger partial charge in [0.25, 0.3) is 5.52 Å². The number of hydrogen-bond donors (Lipinski definition) is 0. The molecular weight excluding hydrogens is 316 g/mol. The Labute approximate surface area is 146 Å². The summed E-state index contributed by atoms with van der Waals surface area (Å²) in [6.45, 7) is 2.54. The molecule has 0 N–H and O–H groups in total. The van der Waals surface area contributed by atoms with Crippen LogP contribution >= 0.6 is 0 Å². The van der Waals surface area contributed by atoms with Gasteiger partial charge in [-0.25, -0.2) is 4.73 Å². The van der Waals surface area contributed by atoms with E-state index in [1.165, 1.54) is 5.56 Å². The Morgan fingerprint density at radius 2 is 1.68 bits per heavy atom. The van der Waals surface area contributed by atoms with E-state index < -0.39 is 0 Å². The molecule has 1 aromatic heterocycles. The molecule has 2 aromatic carbocycles. The third-order valence-corrected chi connectivity index (χ3v) is 4.86. The summed E-state index contributed by atoms with van der Waals surface area (Å²) in [5, 5.41) is 29.2. The number of anilines is 1. The quantitative estimate of drug-likeness (QED) is 0.541. The summed E-state index contributed by atoms with van der Waals surface area (Å²) in [5.74, 6) is 0.112. The van der Waals surface area contributed by atoms with Crippen molar-refractivity contribution in [2.75, 3.05) is 11.9 Å². The highest BCUT2D eigenvalue weighted by Crippen LogP contribution is 2.25. The van der Waals surface area contributed by atoms with Gasteiger partial charge in [0.05, 0.1) is 13.6 Å². The van der Waals surface area contributed by atoms with E-state index in [4.69, 9.17) is 0 Å². The largest absolute Gasteiger partial charge is 0.739 e. The number of aryl methyl sites for hydroxylation is 3. The van der Waals surface area contributed by atoms with Crippen molar-refractivity contribution in [1.82, 2.24) is 5.10 Å². The lowest BCUT2D eigenvalue weighted by molar-refractivity contribution is -0.673. The van der Waals surface area contributed by atoms with Gasteiger partial charge in [0.2, 0.25) is 5.10 Å². The van der Waals surface area contributed by atoms with E-state index in [1.807, 2.05) is 43.3 Å². The molecule has 6 nitrogen and oxygen atoms in total. The standard InChI is InChI=1S/C19H20N4O2/c1-13-6-8-14(9-7-13)12-21(2)19-20-23(25)18-11-16-5-3-4-15(16)10-17(18)22(19)24/h6-11H,3-5,12H2,1-2H3. The van der Waals surface area contributed by atoms with Gasteiger partial charge in [-0.15, -0.1) is 0 Å². The molecule has 0 amide bonds. The Bertz CT molecular complexity index is 954. The highest BCUT2D eigenvalue weighted by atomic mass is 16.5. The summed E-state index contributed by atoms with van der Waals surface area (Å²) in [6, 6.07) is 11.7. The van der Waals surface area contributed by atoms with Gasteiger partial charge < -0.3 is 10.4 Å². The molecule has 0 unspecified atom stereocenters. The SMILES string of the molecule is Cc1ccc(CN(C)c2n[n+]([O-])c3cc4c(cc3[n+]2[O-])CCC4)cc1. The lowest BCUT2D eigenvalue weighted by atomic mass is 10.1. The number of fused-ring (bicyclic) bond motifs is 2. The van der Waals surface area contributed by atoms with Crippen LogP contribution in [0.1, 0.15) is 28.7 Å². The van der Waals surface area contributed by atoms with Gasteiger partial charge >= 0.3 is 5.95 Å². The molecule has 0 spiro atoms. The van der Waals surface area contributed by atoms with Crippen LogP contribution < -0.4 is 14.5 Å². The van der Waals surface area contributed by atoms with Crippen LogP contribution in [0.4, 0.5) is 5.95 Å². The minimum Gasteiger partial charge on any atom is -0.739 e. The maximum absolute atomic E-state index is 12.8. The number of rotatable bonds is 3. The van der Waals surface area contributed by atoms with E-state index in [1.54, 1.807) is 11.9 Å². The van der Waals surface area contributed by atoms with Crippen molar-refractivity contribution < 1.29 is 9.58 Å². The van der Waals surface area contributed by atoms with Crippen molar-refractivity contribution in [3.05, 3.63) is 69.1 Å². The van der Waals surface area contributed by atoms with Crippen LogP contribution in [0.25, 0.3) is 11.0 Å². The predicted molar refractivity (Wildman–Crippen MR) is 95.0 cm³/mol. The van der Waals surface area contributed by atoms with Crippen LogP contribution in [-0.2, 0) is 19.4 Å². The zero-order valence-electron chi connectivity index (χ0n) is 14.4. The summed E-state index contributed by atoms with van der Waals surface area (Å²) < 4.78 is 0.774. The van der Waals surface area contributed by atoms with Crippen LogP contribution in [0.15, 0.2) is 36.4 Å². The Kier molecular flexibility index (Phi) is 3.67. The minimum atomic E-state index is 0.112. The minimum absolute atomic E-state index is 0.112. The summed E-state index contributed by atoms with van der Waals surface area (Å²) in [6.07, 6.45) is 2.98. The molecule has 0 bridgehead atoms. The van der Waals surface area contributed by atoms with E-state index in [9.17, 15) is 10.4 Å². The summed E-state index contributed by atoms with van der Waals surface area (Å²) >= 11 is 0. The molecule has 1 aliphatic rings. The second-order valence-electron chi connectivity index (χ2n) is 6.77. The molecule has 128 valence electrons. The smallest absolute Gasteiger partial charge is 0.463 e. The first-order valence-electron chi connectivity index (χ1n) is 8.48. The predicted octanol–water partition coefficient (Wildman–Crippen LogP) is 1.94. The molecule has 0 aliphatic heterocycles. The van der Waals surface area contributed by atoms with E-state index >= 15 is 0 Å². The number of nitrogens with zero attached hydrogens (tertiary/aromatic N) is 4. The van der Waals surface area contributed by atoms with Crippen molar-refractivity contribution in [1.29, 1.82) is 0 Å². The first kappa shape index (κ1) is 15.6. The lowest BCUT2D eigenvalue weighted by Gasteiger charge is -2.17. The van der Waals surface area contributed by atoms with Crippen molar-refractivity contribution in [2.24, 2.45) is 0 Å². The summed E-state index contributed by atoms with van der Waals surface area (Å²) in [5.41, 5.74) is 5.27. The zero-order valence-corrected chi connectivity index (χ0v) is 14.4. The third kappa shape index (κ3) is 2.73. The molecule has 6 heteroatoms. The highest BCUT2D eigenvalue weighted by molar-refractivity contribution is 5.71. The Balaban J connectivity index is 1.75. The van der Waals surface area contributed by atoms with E-state index in [-0.39, 0.29) is 5.95 Å². The molecule has 25 heavy (non-hydrogen) atoms. The van der Waals surface area contributed by atoms with E-state index in [2.05, 4.69) is 5.10 Å². The first-order valence-corrected chi connectivity index (χ1v) is 8.48. The topological polar surface area (TPSA) is 70.0 Å². The molecule has 0 saturated carbocycles. The lowest BCUT2D eigenvalue weighted by Crippen LogP contribution is -2.46. The molecular formula is C19H20N4O2. The van der Waals surface area contributed by atoms with Gasteiger partial charge in [0.1, 0.15) is 0 Å². The van der Waals surface area contributed by atoms with E-state index in [0.29, 0.717) is 22.4 Å². The molecule has 0 radical (unpaired) electrons. The Hall–Kier alpha value is -2.89. The molecule has 3 aromatic rings. The maximum atomic E-state index is 12.8. The van der Waals surface area contributed by atoms with E-state index in [0.717, 1.165) is 40.7 Å². The maximum Gasteiger partial charge on any atom is 0.463 e. The fourth-order valence-corrected chi connectivity index (χ4v) is 3.47. The van der Waals surface area contributed by atoms with Crippen LogP contribution in [0.2, 0.25) is 0 Å². The van der Waals surface area contributed by atoms with Gasteiger partial charge in [0, 0.05) is 10.9 Å². The number of benzene rings is 2. The van der Waals surface area contributed by atoms with Gasteiger partial charge in [0.15, 0.2) is 5.52 Å². The molecule has 0 saturated heterocycles. The van der Waals surface area contributed by atoms with Crippen molar-refractivity contribution >= 4 is 17.0 Å². The van der Waals surface area contributed by atoms with Crippen molar-refractivity contribution in [3.8, 4) is 0 Å². The van der Waals surface area contributed by atoms with Crippen molar-refractivity contribution in [2.45, 2.75) is 32.7 Å². The highest BCUT2D eigenvalue weighted by Gasteiger charge is 2.26. The molecule has 1 heterocycles. The van der Waals surface area contributed by atoms with Crippen LogP contribution in [0, 0.1) is 17.3 Å². The zero-order chi connectivity index (χ0) is 17.6. The second-order valence-corrected chi connectivity index (χ2v) is 6.77. The fourth-order valence-electron chi connectivity index (χ4n) is 3.47. The van der Waals surface area contributed by atoms with Crippen LogP contribution in [0.5, 0.6) is 0 Å². The summed E-state index contributed by atoms with van der Waals surface area (Å²) in [4.78, 5) is 2.28. The van der Waals surface area contributed by atoms with Gasteiger partial charge in [-0.3, -0.25) is 4.90 Å². The fraction of sp³-hybridized carbons (Fsp3) is 0.316. The molecule has 0 atom stereocenters. The second kappa shape index (κ2) is 5.88. The van der Waals surface area contributed by atoms with Crippen LogP contribution in [0.3, 0.4) is 0 Å². The third-order valence-electron chi connectivity index (χ3n) is 4.86. The molecule has 0 fully saturated rings. The Morgan fingerprint density at radius 1 is 1.04 bits per heavy atom. The summed E-state index contributed by atoms with van der Waals surface area (Å²) in [7, 11) is 1.77. The van der Waals surface area contributed by atoms with Crippen molar-refractivity contribution in [3.63, 3.8) is 0 Å². The normalized spacial score (nSPS) is 13.2.